The van der Waals surface area contributed by atoms with Crippen LogP contribution in [0, 0.1) is 0 Å². The molecule has 3 aromatic rings. The van der Waals surface area contributed by atoms with E-state index in [9.17, 15) is 5.11 Å². The van der Waals surface area contributed by atoms with E-state index in [-0.39, 0.29) is 6.10 Å². The molecule has 4 rings (SSSR count). The highest BCUT2D eigenvalue weighted by Gasteiger charge is 2.23. The van der Waals surface area contributed by atoms with Gasteiger partial charge in [0.2, 0.25) is 0 Å². The summed E-state index contributed by atoms with van der Waals surface area (Å²) in [4.78, 5) is 4.73. The van der Waals surface area contributed by atoms with Crippen LogP contribution in [0.5, 0.6) is 0 Å². The molecular formula is C16H13ClN2O. The Hall–Kier alpha value is -1.84. The van der Waals surface area contributed by atoms with Crippen molar-refractivity contribution in [1.29, 1.82) is 0 Å². The molecule has 20 heavy (non-hydrogen) atoms. The van der Waals surface area contributed by atoms with Crippen molar-refractivity contribution < 1.29 is 5.11 Å². The van der Waals surface area contributed by atoms with Crippen molar-refractivity contribution in [2.75, 3.05) is 0 Å². The van der Waals surface area contributed by atoms with Gasteiger partial charge < -0.3 is 9.67 Å². The minimum Gasteiger partial charge on any atom is -0.388 e. The SMILES string of the molecule is OC1CCn2c(-c3ccc(Cl)cc3)nc3cccc1c32. The molecule has 1 aliphatic heterocycles. The highest BCUT2D eigenvalue weighted by Crippen LogP contribution is 2.35. The van der Waals surface area contributed by atoms with Gasteiger partial charge in [0, 0.05) is 22.7 Å². The van der Waals surface area contributed by atoms with E-state index in [0.717, 1.165) is 46.0 Å². The number of aryl methyl sites for hydroxylation is 1. The van der Waals surface area contributed by atoms with Crippen LogP contribution < -0.4 is 0 Å². The third-order valence-corrected chi connectivity index (χ3v) is 4.14. The Morgan fingerprint density at radius 1 is 1.15 bits per heavy atom. The van der Waals surface area contributed by atoms with Crippen LogP contribution in [0.15, 0.2) is 42.5 Å². The fourth-order valence-corrected chi connectivity index (χ4v) is 3.05. The lowest BCUT2D eigenvalue weighted by Crippen LogP contribution is -2.13. The lowest BCUT2D eigenvalue weighted by atomic mass is 10.0. The van der Waals surface area contributed by atoms with Crippen molar-refractivity contribution in [1.82, 2.24) is 9.55 Å². The quantitative estimate of drug-likeness (QED) is 0.738. The van der Waals surface area contributed by atoms with Crippen LogP contribution in [0.2, 0.25) is 5.02 Å². The van der Waals surface area contributed by atoms with E-state index < -0.39 is 0 Å². The second-order valence-electron chi connectivity index (χ2n) is 5.11. The number of aliphatic hydroxyl groups is 1. The molecule has 1 unspecified atom stereocenters. The molecule has 0 radical (unpaired) electrons. The largest absolute Gasteiger partial charge is 0.388 e. The Kier molecular flexibility index (Phi) is 2.59. The molecule has 1 aromatic heterocycles. The maximum Gasteiger partial charge on any atom is 0.141 e. The minimum absolute atomic E-state index is 0.388. The Labute approximate surface area is 121 Å². The summed E-state index contributed by atoms with van der Waals surface area (Å²) in [7, 11) is 0. The molecule has 0 fully saturated rings. The normalized spacial score (nSPS) is 17.6. The van der Waals surface area contributed by atoms with Gasteiger partial charge in [0.25, 0.3) is 0 Å². The fraction of sp³-hybridized carbons (Fsp3) is 0.188. The van der Waals surface area contributed by atoms with Crippen LogP contribution in [0.3, 0.4) is 0 Å². The van der Waals surface area contributed by atoms with Gasteiger partial charge in [0.05, 0.1) is 17.1 Å². The van der Waals surface area contributed by atoms with Crippen LogP contribution in [0.1, 0.15) is 18.1 Å². The van der Waals surface area contributed by atoms with Crippen LogP contribution in [0.25, 0.3) is 22.4 Å². The molecule has 4 heteroatoms. The molecule has 1 aliphatic rings. The fourth-order valence-electron chi connectivity index (χ4n) is 2.93. The highest BCUT2D eigenvalue weighted by molar-refractivity contribution is 6.30. The summed E-state index contributed by atoms with van der Waals surface area (Å²) in [5, 5.41) is 10.9. The Morgan fingerprint density at radius 3 is 2.75 bits per heavy atom. The van der Waals surface area contributed by atoms with E-state index in [1.807, 2.05) is 42.5 Å². The number of aromatic nitrogens is 2. The van der Waals surface area contributed by atoms with Gasteiger partial charge >= 0.3 is 0 Å². The monoisotopic (exact) mass is 284 g/mol. The summed E-state index contributed by atoms with van der Waals surface area (Å²) >= 11 is 5.95. The molecule has 100 valence electrons. The van der Waals surface area contributed by atoms with Gasteiger partial charge in [-0.1, -0.05) is 23.7 Å². The van der Waals surface area contributed by atoms with Crippen LogP contribution in [-0.4, -0.2) is 14.7 Å². The van der Waals surface area contributed by atoms with Crippen LogP contribution >= 0.6 is 11.6 Å². The van der Waals surface area contributed by atoms with Gasteiger partial charge in [-0.15, -0.1) is 0 Å². The zero-order valence-electron chi connectivity index (χ0n) is 10.8. The highest BCUT2D eigenvalue weighted by atomic mass is 35.5. The Morgan fingerprint density at radius 2 is 1.95 bits per heavy atom. The molecule has 0 aliphatic carbocycles. The zero-order chi connectivity index (χ0) is 13.7. The molecule has 3 nitrogen and oxygen atoms in total. The number of imidazole rings is 1. The Balaban J connectivity index is 2.01. The topological polar surface area (TPSA) is 38.0 Å². The smallest absolute Gasteiger partial charge is 0.141 e. The lowest BCUT2D eigenvalue weighted by molar-refractivity contribution is 0.157. The standard InChI is InChI=1S/C16H13ClN2O/c17-11-6-4-10(5-7-11)16-18-13-3-1-2-12-14(20)8-9-19(16)15(12)13/h1-7,14,20H,8-9H2. The average molecular weight is 285 g/mol. The molecule has 0 spiro atoms. The summed E-state index contributed by atoms with van der Waals surface area (Å²) in [5.41, 5.74) is 4.01. The first-order chi connectivity index (χ1) is 9.74. The molecule has 0 amide bonds. The third-order valence-electron chi connectivity index (χ3n) is 3.89. The first-order valence-electron chi connectivity index (χ1n) is 6.67. The van der Waals surface area contributed by atoms with E-state index in [1.165, 1.54) is 0 Å². The van der Waals surface area contributed by atoms with Crippen molar-refractivity contribution in [2.24, 2.45) is 0 Å². The van der Waals surface area contributed by atoms with Gasteiger partial charge in [-0.3, -0.25) is 0 Å². The second kappa shape index (κ2) is 4.33. The predicted molar refractivity (Wildman–Crippen MR) is 79.8 cm³/mol. The number of halogens is 1. The van der Waals surface area contributed by atoms with E-state index in [1.54, 1.807) is 0 Å². The van der Waals surface area contributed by atoms with E-state index in [4.69, 9.17) is 16.6 Å². The average Bonchev–Trinajstić information content (AvgIpc) is 2.84. The van der Waals surface area contributed by atoms with Gasteiger partial charge in [0.1, 0.15) is 5.82 Å². The van der Waals surface area contributed by atoms with Crippen LogP contribution in [-0.2, 0) is 6.54 Å². The number of rotatable bonds is 1. The number of hydrogen-bond donors (Lipinski definition) is 1. The second-order valence-corrected chi connectivity index (χ2v) is 5.55. The number of aliphatic hydroxyl groups excluding tert-OH is 1. The molecule has 2 heterocycles. The molecule has 0 saturated carbocycles. The summed E-state index contributed by atoms with van der Waals surface area (Å²) in [6.45, 7) is 0.784. The van der Waals surface area contributed by atoms with E-state index in [0.29, 0.717) is 0 Å². The summed E-state index contributed by atoms with van der Waals surface area (Å²) in [5.74, 6) is 0.941. The molecule has 1 atom stereocenters. The van der Waals surface area contributed by atoms with Gasteiger partial charge in [-0.05, 0) is 36.8 Å². The van der Waals surface area contributed by atoms with E-state index in [2.05, 4.69) is 4.57 Å². The first-order valence-corrected chi connectivity index (χ1v) is 7.05. The summed E-state index contributed by atoms with van der Waals surface area (Å²) in [6, 6.07) is 13.7. The molecule has 2 aromatic carbocycles. The van der Waals surface area contributed by atoms with Crippen molar-refractivity contribution in [2.45, 2.75) is 19.1 Å². The third kappa shape index (κ3) is 1.67. The summed E-state index contributed by atoms with van der Waals surface area (Å²) in [6.07, 6.45) is 0.337. The van der Waals surface area contributed by atoms with Crippen LogP contribution in [0.4, 0.5) is 0 Å². The Bertz CT molecular complexity index is 792. The van der Waals surface area contributed by atoms with Gasteiger partial charge in [0.15, 0.2) is 0 Å². The predicted octanol–water partition coefficient (Wildman–Crippen LogP) is 3.79. The number of hydrogen-bond acceptors (Lipinski definition) is 2. The van der Waals surface area contributed by atoms with Crippen molar-refractivity contribution in [3.8, 4) is 11.4 Å². The van der Waals surface area contributed by atoms with Crippen molar-refractivity contribution in [3.63, 3.8) is 0 Å². The van der Waals surface area contributed by atoms with Gasteiger partial charge in [-0.2, -0.15) is 0 Å². The number of benzene rings is 2. The maximum atomic E-state index is 10.1. The zero-order valence-corrected chi connectivity index (χ0v) is 11.5. The minimum atomic E-state index is -0.388. The number of para-hydroxylation sites is 1. The van der Waals surface area contributed by atoms with Gasteiger partial charge in [-0.25, -0.2) is 4.98 Å². The summed E-state index contributed by atoms with van der Waals surface area (Å²) < 4.78 is 2.20. The molecule has 1 N–H and O–H groups in total. The number of nitrogens with zero attached hydrogens (tertiary/aromatic N) is 2. The molecule has 0 saturated heterocycles. The first kappa shape index (κ1) is 11.9. The molecule has 0 bridgehead atoms. The lowest BCUT2D eigenvalue weighted by Gasteiger charge is -2.21. The van der Waals surface area contributed by atoms with E-state index >= 15 is 0 Å². The maximum absolute atomic E-state index is 10.1. The van der Waals surface area contributed by atoms with Crippen molar-refractivity contribution >= 4 is 22.6 Å². The molecular weight excluding hydrogens is 272 g/mol. The van der Waals surface area contributed by atoms with Crippen molar-refractivity contribution in [3.05, 3.63) is 53.1 Å².